The number of hydrogen-bond acceptors (Lipinski definition) is 14. The van der Waals surface area contributed by atoms with Crippen molar-refractivity contribution in [1.29, 1.82) is 0 Å². The Bertz CT molecular complexity index is 894. The number of cyclic esters (lactones) is 1. The van der Waals surface area contributed by atoms with Gasteiger partial charge in [-0.1, -0.05) is 0 Å². The van der Waals surface area contributed by atoms with E-state index < -0.39 is 85.5 Å². The van der Waals surface area contributed by atoms with Crippen LogP contribution in [-0.4, -0.2) is 85.5 Å². The molecule has 0 radical (unpaired) electrons. The summed E-state index contributed by atoms with van der Waals surface area (Å²) >= 11 is 0. The molecule has 2 rings (SSSR count). The molecule has 0 spiro atoms. The molecule has 0 aromatic rings. The van der Waals surface area contributed by atoms with Crippen molar-refractivity contribution in [3.05, 3.63) is 12.2 Å². The normalized spacial score (nSPS) is 29.5. The molecule has 2 aliphatic heterocycles. The van der Waals surface area contributed by atoms with Crippen molar-refractivity contribution in [3.8, 4) is 0 Å². The monoisotopic (exact) mass is 502 g/mol. The Morgan fingerprint density at radius 1 is 0.829 bits per heavy atom. The van der Waals surface area contributed by atoms with Crippen LogP contribution in [0.2, 0.25) is 0 Å². The van der Waals surface area contributed by atoms with Crippen LogP contribution in [0.25, 0.3) is 0 Å². The van der Waals surface area contributed by atoms with E-state index in [4.69, 9.17) is 37.9 Å². The zero-order chi connectivity index (χ0) is 26.3. The summed E-state index contributed by atoms with van der Waals surface area (Å²) in [4.78, 5) is 69.9. The highest BCUT2D eigenvalue weighted by atomic mass is 16.8. The van der Waals surface area contributed by atoms with Crippen LogP contribution in [0.15, 0.2) is 12.2 Å². The Balaban J connectivity index is 2.40. The van der Waals surface area contributed by atoms with E-state index in [1.54, 1.807) is 0 Å². The lowest BCUT2D eigenvalue weighted by Gasteiger charge is -2.44. The van der Waals surface area contributed by atoms with E-state index in [0.29, 0.717) is 0 Å². The quantitative estimate of drug-likeness (QED) is 0.290. The Hall–Kier alpha value is -3.52. The smallest absolute Gasteiger partial charge is 0.334 e. The van der Waals surface area contributed by atoms with Crippen LogP contribution in [0, 0.1) is 0 Å². The minimum atomic E-state index is -1.94. The second-order valence-electron chi connectivity index (χ2n) is 7.54. The Labute approximate surface area is 199 Å². The fourth-order valence-corrected chi connectivity index (χ4v) is 3.36. The number of rotatable bonds is 9. The average Bonchev–Trinajstić information content (AvgIpc) is 3.07. The fourth-order valence-electron chi connectivity index (χ4n) is 3.36. The van der Waals surface area contributed by atoms with E-state index in [2.05, 4.69) is 0 Å². The Morgan fingerprint density at radius 2 is 1.40 bits per heavy atom. The molecule has 194 valence electrons. The van der Waals surface area contributed by atoms with Crippen LogP contribution >= 0.6 is 0 Å². The van der Waals surface area contributed by atoms with Crippen LogP contribution in [0.5, 0.6) is 0 Å². The highest BCUT2D eigenvalue weighted by molar-refractivity contribution is 5.85. The highest BCUT2D eigenvalue weighted by Crippen LogP contribution is 2.32. The molecule has 1 fully saturated rings. The van der Waals surface area contributed by atoms with E-state index in [1.165, 1.54) is 0 Å². The zero-order valence-corrected chi connectivity index (χ0v) is 19.7. The third kappa shape index (κ3) is 8.03. The molecule has 0 bridgehead atoms. The van der Waals surface area contributed by atoms with E-state index >= 15 is 0 Å². The minimum Gasteiger partial charge on any atom is -0.463 e. The van der Waals surface area contributed by atoms with Gasteiger partial charge in [-0.2, -0.15) is 0 Å². The number of carbonyl (C=O) groups is 6. The molecule has 0 aliphatic carbocycles. The van der Waals surface area contributed by atoms with Gasteiger partial charge in [0.2, 0.25) is 0 Å². The first kappa shape index (κ1) is 27.7. The highest BCUT2D eigenvalue weighted by Gasteiger charge is 2.54. The van der Waals surface area contributed by atoms with Crippen LogP contribution in [0.3, 0.4) is 0 Å². The van der Waals surface area contributed by atoms with Gasteiger partial charge >= 0.3 is 41.6 Å². The topological polar surface area (TPSA) is 176 Å². The first-order valence-corrected chi connectivity index (χ1v) is 10.4. The molecular weight excluding hydrogens is 476 g/mol. The molecule has 0 saturated carbocycles. The van der Waals surface area contributed by atoms with Gasteiger partial charge in [0, 0.05) is 46.8 Å². The second-order valence-corrected chi connectivity index (χ2v) is 7.54. The van der Waals surface area contributed by atoms with Gasteiger partial charge in [-0.25, -0.2) is 4.79 Å². The van der Waals surface area contributed by atoms with Crippen molar-refractivity contribution < 1.29 is 66.7 Å². The maximum absolute atomic E-state index is 11.8. The van der Waals surface area contributed by atoms with Crippen LogP contribution in [-0.2, 0) is 66.7 Å². The van der Waals surface area contributed by atoms with Gasteiger partial charge in [-0.15, -0.1) is 0 Å². The summed E-state index contributed by atoms with van der Waals surface area (Å²) in [6, 6.07) is 0. The summed E-state index contributed by atoms with van der Waals surface area (Å²) in [6.07, 6.45) is -4.95. The SMILES string of the molecule is CC(=O)OC[C@H]1O[C@H](OC[C@]2(OC(C)=O)C=CC(=O)O2)[C@H](OC(C)=O)[C@@H](OC(C)=O)[C@@H]1OC(C)=O. The zero-order valence-electron chi connectivity index (χ0n) is 19.7. The second kappa shape index (κ2) is 11.8. The van der Waals surface area contributed by atoms with Crippen LogP contribution in [0.4, 0.5) is 0 Å². The predicted octanol–water partition coefficient (Wildman–Crippen LogP) is -0.541. The number of carbonyl (C=O) groups excluding carboxylic acids is 6. The maximum Gasteiger partial charge on any atom is 0.334 e. The third-order valence-electron chi connectivity index (χ3n) is 4.46. The Kier molecular flexibility index (Phi) is 9.31. The molecule has 14 heteroatoms. The first-order valence-electron chi connectivity index (χ1n) is 10.4. The van der Waals surface area contributed by atoms with Crippen molar-refractivity contribution in [2.24, 2.45) is 0 Å². The van der Waals surface area contributed by atoms with E-state index in [0.717, 1.165) is 46.8 Å². The lowest BCUT2D eigenvalue weighted by Crippen LogP contribution is -2.63. The van der Waals surface area contributed by atoms with Gasteiger partial charge in [0.05, 0.1) is 0 Å². The standard InChI is InChI=1S/C21H26O14/c1-10(22)28-8-15-17(30-11(2)23)18(31-12(3)24)19(32-13(4)25)20(33-15)29-9-21(34-14(5)26)7-6-16(27)35-21/h6-7,15,17-20H,8-9H2,1-5H3/t15-,17-,18+,19-,20+,21+/m1/s1. The summed E-state index contributed by atoms with van der Waals surface area (Å²) in [5.74, 6) is -6.67. The molecule has 0 unspecified atom stereocenters. The molecule has 2 aliphatic rings. The van der Waals surface area contributed by atoms with Gasteiger partial charge in [-0.05, 0) is 0 Å². The number of ether oxygens (including phenoxy) is 8. The minimum absolute atomic E-state index is 0.457. The van der Waals surface area contributed by atoms with Gasteiger partial charge in [-0.3, -0.25) is 24.0 Å². The maximum atomic E-state index is 11.8. The van der Waals surface area contributed by atoms with Crippen molar-refractivity contribution in [2.75, 3.05) is 13.2 Å². The molecule has 0 aromatic heterocycles. The van der Waals surface area contributed by atoms with Crippen LogP contribution < -0.4 is 0 Å². The summed E-state index contributed by atoms with van der Waals surface area (Å²) < 4.78 is 42.3. The summed E-state index contributed by atoms with van der Waals surface area (Å²) in [7, 11) is 0. The molecule has 35 heavy (non-hydrogen) atoms. The molecule has 6 atom stereocenters. The molecular formula is C21H26O14. The molecule has 0 aromatic carbocycles. The largest absolute Gasteiger partial charge is 0.463 e. The van der Waals surface area contributed by atoms with E-state index in [-0.39, 0.29) is 0 Å². The molecule has 1 saturated heterocycles. The Morgan fingerprint density at radius 3 is 1.89 bits per heavy atom. The summed E-state index contributed by atoms with van der Waals surface area (Å²) in [5.41, 5.74) is 0. The molecule has 14 nitrogen and oxygen atoms in total. The fraction of sp³-hybridized carbons (Fsp3) is 0.619. The van der Waals surface area contributed by atoms with Crippen molar-refractivity contribution in [3.63, 3.8) is 0 Å². The summed E-state index contributed by atoms with van der Waals surface area (Å²) in [6.45, 7) is 4.35. The predicted molar refractivity (Wildman–Crippen MR) is 108 cm³/mol. The van der Waals surface area contributed by atoms with E-state index in [9.17, 15) is 28.8 Å². The third-order valence-corrected chi connectivity index (χ3v) is 4.46. The molecule has 2 heterocycles. The van der Waals surface area contributed by atoms with Crippen molar-refractivity contribution in [2.45, 2.75) is 71.1 Å². The van der Waals surface area contributed by atoms with E-state index in [1.807, 2.05) is 0 Å². The first-order chi connectivity index (χ1) is 16.3. The molecule has 0 N–H and O–H groups in total. The van der Waals surface area contributed by atoms with Crippen molar-refractivity contribution in [1.82, 2.24) is 0 Å². The number of esters is 6. The number of hydrogen-bond donors (Lipinski definition) is 0. The van der Waals surface area contributed by atoms with Gasteiger partial charge < -0.3 is 37.9 Å². The van der Waals surface area contributed by atoms with Gasteiger partial charge in [0.1, 0.15) is 19.3 Å². The summed E-state index contributed by atoms with van der Waals surface area (Å²) in [5, 5.41) is 0. The molecule has 0 amide bonds. The van der Waals surface area contributed by atoms with Crippen molar-refractivity contribution >= 4 is 35.8 Å². The lowest BCUT2D eigenvalue weighted by molar-refractivity contribution is -0.321. The van der Waals surface area contributed by atoms with Gasteiger partial charge in [0.25, 0.3) is 0 Å². The van der Waals surface area contributed by atoms with Gasteiger partial charge in [0.15, 0.2) is 24.6 Å². The average molecular weight is 502 g/mol. The van der Waals surface area contributed by atoms with Crippen LogP contribution in [0.1, 0.15) is 34.6 Å². The lowest BCUT2D eigenvalue weighted by atomic mass is 9.98.